The van der Waals surface area contributed by atoms with Gasteiger partial charge in [-0.05, 0) is 25.7 Å². The lowest BCUT2D eigenvalue weighted by molar-refractivity contribution is -0.142. The minimum absolute atomic E-state index is 0.207. The lowest BCUT2D eigenvalue weighted by Gasteiger charge is -2.27. The largest absolute Gasteiger partial charge is 0.481 e. The molecular formula is C11H14O3. The third-order valence-electron chi connectivity index (χ3n) is 3.25. The van der Waals surface area contributed by atoms with E-state index in [-0.39, 0.29) is 5.92 Å². The standard InChI is InChI=1S/C11H14O3/c12-10-4-3-7-5-9(11(13)14)2-1-8(7)6-10/h9H,1-6H2,(H,13,14). The van der Waals surface area contributed by atoms with Crippen molar-refractivity contribution in [1.29, 1.82) is 0 Å². The molecule has 0 amide bonds. The first-order chi connectivity index (χ1) is 6.66. The van der Waals surface area contributed by atoms with Gasteiger partial charge in [0.25, 0.3) is 0 Å². The van der Waals surface area contributed by atoms with Crippen LogP contribution >= 0.6 is 0 Å². The van der Waals surface area contributed by atoms with Crippen LogP contribution in [0.5, 0.6) is 0 Å². The van der Waals surface area contributed by atoms with Gasteiger partial charge in [-0.1, -0.05) is 11.1 Å². The monoisotopic (exact) mass is 194 g/mol. The molecule has 2 rings (SSSR count). The molecule has 0 aromatic heterocycles. The van der Waals surface area contributed by atoms with E-state index in [1.54, 1.807) is 0 Å². The van der Waals surface area contributed by atoms with E-state index in [1.807, 2.05) is 0 Å². The van der Waals surface area contributed by atoms with E-state index in [1.165, 1.54) is 11.1 Å². The first kappa shape index (κ1) is 9.44. The maximum Gasteiger partial charge on any atom is 0.306 e. The van der Waals surface area contributed by atoms with Crippen molar-refractivity contribution in [3.05, 3.63) is 11.1 Å². The predicted molar refractivity (Wildman–Crippen MR) is 50.9 cm³/mol. The Morgan fingerprint density at radius 3 is 2.71 bits per heavy atom. The molecule has 0 aliphatic heterocycles. The third-order valence-corrected chi connectivity index (χ3v) is 3.25. The van der Waals surface area contributed by atoms with Crippen molar-refractivity contribution in [2.75, 3.05) is 0 Å². The van der Waals surface area contributed by atoms with E-state index in [2.05, 4.69) is 0 Å². The number of allylic oxidation sites excluding steroid dienone is 2. The van der Waals surface area contributed by atoms with Gasteiger partial charge < -0.3 is 5.11 Å². The minimum Gasteiger partial charge on any atom is -0.481 e. The van der Waals surface area contributed by atoms with E-state index in [0.29, 0.717) is 31.5 Å². The number of carboxylic acid groups (broad SMARTS) is 1. The van der Waals surface area contributed by atoms with Crippen molar-refractivity contribution in [2.24, 2.45) is 5.92 Å². The average Bonchev–Trinajstić information content (AvgIpc) is 2.16. The predicted octanol–water partition coefficient (Wildman–Crippen LogP) is 1.92. The van der Waals surface area contributed by atoms with Crippen LogP contribution < -0.4 is 0 Å². The molecule has 0 spiro atoms. The maximum atomic E-state index is 11.2. The molecule has 3 heteroatoms. The van der Waals surface area contributed by atoms with Crippen LogP contribution in [-0.4, -0.2) is 16.9 Å². The first-order valence-electron chi connectivity index (χ1n) is 5.11. The Kier molecular flexibility index (Phi) is 2.40. The zero-order valence-corrected chi connectivity index (χ0v) is 8.08. The summed E-state index contributed by atoms with van der Waals surface area (Å²) in [5, 5.41) is 8.89. The summed E-state index contributed by atoms with van der Waals surface area (Å²) in [6, 6.07) is 0. The van der Waals surface area contributed by atoms with Crippen molar-refractivity contribution in [3.63, 3.8) is 0 Å². The first-order valence-corrected chi connectivity index (χ1v) is 5.11. The summed E-state index contributed by atoms with van der Waals surface area (Å²) >= 11 is 0. The highest BCUT2D eigenvalue weighted by Crippen LogP contribution is 2.36. The Morgan fingerprint density at radius 1 is 1.21 bits per heavy atom. The van der Waals surface area contributed by atoms with E-state index in [4.69, 9.17) is 5.11 Å². The Labute approximate surface area is 82.8 Å². The zero-order valence-electron chi connectivity index (χ0n) is 8.08. The number of carbonyl (C=O) groups excluding carboxylic acids is 1. The summed E-state index contributed by atoms with van der Waals surface area (Å²) < 4.78 is 0. The van der Waals surface area contributed by atoms with Crippen LogP contribution in [0.4, 0.5) is 0 Å². The minimum atomic E-state index is -0.687. The Balaban J connectivity index is 2.12. The molecule has 0 fully saturated rings. The Morgan fingerprint density at radius 2 is 2.00 bits per heavy atom. The van der Waals surface area contributed by atoms with Crippen LogP contribution in [0.15, 0.2) is 11.1 Å². The second-order valence-electron chi connectivity index (χ2n) is 4.20. The molecule has 14 heavy (non-hydrogen) atoms. The molecular weight excluding hydrogens is 180 g/mol. The molecule has 2 aliphatic carbocycles. The Hall–Kier alpha value is -1.12. The Bertz CT molecular complexity index is 314. The number of aliphatic carboxylic acids is 1. The lowest BCUT2D eigenvalue weighted by atomic mass is 9.77. The molecule has 0 bridgehead atoms. The van der Waals surface area contributed by atoms with Crippen LogP contribution in [0.1, 0.15) is 38.5 Å². The van der Waals surface area contributed by atoms with Crippen molar-refractivity contribution in [3.8, 4) is 0 Å². The molecule has 0 aromatic carbocycles. The highest BCUT2D eigenvalue weighted by Gasteiger charge is 2.28. The average molecular weight is 194 g/mol. The zero-order chi connectivity index (χ0) is 10.1. The molecule has 0 aromatic rings. The van der Waals surface area contributed by atoms with E-state index < -0.39 is 5.97 Å². The van der Waals surface area contributed by atoms with Crippen LogP contribution in [0.3, 0.4) is 0 Å². The van der Waals surface area contributed by atoms with Gasteiger partial charge in [-0.25, -0.2) is 0 Å². The van der Waals surface area contributed by atoms with Gasteiger partial charge in [-0.3, -0.25) is 9.59 Å². The number of ketones is 1. The van der Waals surface area contributed by atoms with Gasteiger partial charge >= 0.3 is 5.97 Å². The number of carboxylic acids is 1. The van der Waals surface area contributed by atoms with Gasteiger partial charge in [0.1, 0.15) is 5.78 Å². The van der Waals surface area contributed by atoms with Crippen molar-refractivity contribution < 1.29 is 14.7 Å². The summed E-state index contributed by atoms with van der Waals surface area (Å²) in [7, 11) is 0. The molecule has 1 unspecified atom stereocenters. The number of hydrogen-bond acceptors (Lipinski definition) is 2. The summed E-state index contributed by atoms with van der Waals surface area (Å²) in [5.74, 6) is -0.576. The van der Waals surface area contributed by atoms with E-state index >= 15 is 0 Å². The molecule has 2 aliphatic rings. The number of carbonyl (C=O) groups is 2. The molecule has 1 atom stereocenters. The van der Waals surface area contributed by atoms with Gasteiger partial charge in [-0.15, -0.1) is 0 Å². The van der Waals surface area contributed by atoms with Crippen molar-refractivity contribution >= 4 is 11.8 Å². The van der Waals surface area contributed by atoms with Gasteiger partial charge in [0.2, 0.25) is 0 Å². The van der Waals surface area contributed by atoms with Crippen LogP contribution in [0, 0.1) is 5.92 Å². The van der Waals surface area contributed by atoms with Crippen molar-refractivity contribution in [2.45, 2.75) is 38.5 Å². The smallest absolute Gasteiger partial charge is 0.306 e. The maximum absolute atomic E-state index is 11.2. The second-order valence-corrected chi connectivity index (χ2v) is 4.20. The number of Topliss-reactive ketones (excluding diaryl/α,β-unsaturated/α-hetero) is 1. The lowest BCUT2D eigenvalue weighted by Crippen LogP contribution is -2.22. The summed E-state index contributed by atoms with van der Waals surface area (Å²) in [6.45, 7) is 0. The highest BCUT2D eigenvalue weighted by atomic mass is 16.4. The fraction of sp³-hybridized carbons (Fsp3) is 0.636. The van der Waals surface area contributed by atoms with Gasteiger partial charge in [0.05, 0.1) is 5.92 Å². The van der Waals surface area contributed by atoms with Gasteiger partial charge in [-0.2, -0.15) is 0 Å². The fourth-order valence-electron chi connectivity index (χ4n) is 2.39. The number of hydrogen-bond donors (Lipinski definition) is 1. The molecule has 0 heterocycles. The fourth-order valence-corrected chi connectivity index (χ4v) is 2.39. The van der Waals surface area contributed by atoms with Crippen LogP contribution in [-0.2, 0) is 9.59 Å². The number of rotatable bonds is 1. The van der Waals surface area contributed by atoms with Gasteiger partial charge in [0, 0.05) is 12.8 Å². The van der Waals surface area contributed by atoms with Crippen LogP contribution in [0.2, 0.25) is 0 Å². The quantitative estimate of drug-likeness (QED) is 0.649. The molecule has 0 saturated carbocycles. The molecule has 0 saturated heterocycles. The highest BCUT2D eigenvalue weighted by molar-refractivity contribution is 5.83. The summed E-state index contributed by atoms with van der Waals surface area (Å²) in [4.78, 5) is 22.0. The van der Waals surface area contributed by atoms with E-state index in [9.17, 15) is 9.59 Å². The molecule has 0 radical (unpaired) electrons. The van der Waals surface area contributed by atoms with Crippen molar-refractivity contribution in [1.82, 2.24) is 0 Å². The summed E-state index contributed by atoms with van der Waals surface area (Å²) in [6.07, 6.45) is 4.21. The van der Waals surface area contributed by atoms with E-state index in [0.717, 1.165) is 12.8 Å². The van der Waals surface area contributed by atoms with Gasteiger partial charge in [0.15, 0.2) is 0 Å². The molecule has 3 nitrogen and oxygen atoms in total. The second kappa shape index (κ2) is 3.56. The van der Waals surface area contributed by atoms with Crippen LogP contribution in [0.25, 0.3) is 0 Å². The SMILES string of the molecule is O=C1CCC2=C(CCC(C(=O)O)C2)C1. The normalized spacial score (nSPS) is 27.4. The molecule has 1 N–H and O–H groups in total. The summed E-state index contributed by atoms with van der Waals surface area (Å²) in [5.41, 5.74) is 2.49. The third kappa shape index (κ3) is 1.72. The molecule has 76 valence electrons. The topological polar surface area (TPSA) is 54.4 Å².